The SMILES string of the molecule is CCOc1cc(/C=C/C(=O)O[C@H](C)C(N)=O)cc(Cl)c1OC. The average Bonchev–Trinajstić information content (AvgIpc) is 2.45. The Hall–Kier alpha value is -2.21. The summed E-state index contributed by atoms with van der Waals surface area (Å²) in [4.78, 5) is 22.4. The lowest BCUT2D eigenvalue weighted by Gasteiger charge is -2.11. The van der Waals surface area contributed by atoms with E-state index in [4.69, 9.17) is 31.5 Å². The van der Waals surface area contributed by atoms with Crippen LogP contribution in [0.15, 0.2) is 18.2 Å². The van der Waals surface area contributed by atoms with Crippen molar-refractivity contribution in [1.82, 2.24) is 0 Å². The Labute approximate surface area is 133 Å². The number of nitrogens with two attached hydrogens (primary N) is 1. The molecular weight excluding hydrogens is 310 g/mol. The second-order valence-electron chi connectivity index (χ2n) is 4.28. The van der Waals surface area contributed by atoms with Crippen molar-refractivity contribution in [3.63, 3.8) is 0 Å². The number of methoxy groups -OCH3 is 1. The molecule has 0 saturated carbocycles. The van der Waals surface area contributed by atoms with Crippen LogP contribution in [0, 0.1) is 0 Å². The number of ether oxygens (including phenoxy) is 3. The molecule has 0 aliphatic rings. The molecule has 0 aliphatic carbocycles. The van der Waals surface area contributed by atoms with Gasteiger partial charge in [0.15, 0.2) is 17.6 Å². The van der Waals surface area contributed by atoms with Crippen LogP contribution in [0.2, 0.25) is 5.02 Å². The summed E-state index contributed by atoms with van der Waals surface area (Å²) in [5.74, 6) is -0.509. The Morgan fingerprint density at radius 3 is 2.64 bits per heavy atom. The summed E-state index contributed by atoms with van der Waals surface area (Å²) in [6.07, 6.45) is 1.67. The minimum atomic E-state index is -0.990. The molecule has 1 amide bonds. The summed E-state index contributed by atoms with van der Waals surface area (Å²) in [6.45, 7) is 3.67. The van der Waals surface area contributed by atoms with E-state index < -0.39 is 18.0 Å². The lowest BCUT2D eigenvalue weighted by Crippen LogP contribution is -2.29. The van der Waals surface area contributed by atoms with Gasteiger partial charge in [0.05, 0.1) is 18.7 Å². The monoisotopic (exact) mass is 327 g/mol. The zero-order valence-corrected chi connectivity index (χ0v) is 13.3. The Morgan fingerprint density at radius 1 is 1.41 bits per heavy atom. The second kappa shape index (κ2) is 8.29. The average molecular weight is 328 g/mol. The summed E-state index contributed by atoms with van der Waals surface area (Å²) in [6, 6.07) is 3.29. The fraction of sp³-hybridized carbons (Fsp3) is 0.333. The molecule has 120 valence electrons. The number of esters is 1. The van der Waals surface area contributed by atoms with Gasteiger partial charge in [-0.2, -0.15) is 0 Å². The van der Waals surface area contributed by atoms with E-state index in [1.165, 1.54) is 26.2 Å². The number of carbonyl (C=O) groups excluding carboxylic acids is 2. The van der Waals surface area contributed by atoms with E-state index in [2.05, 4.69) is 0 Å². The van der Waals surface area contributed by atoms with Gasteiger partial charge in [-0.05, 0) is 37.6 Å². The van der Waals surface area contributed by atoms with Crippen LogP contribution in [-0.2, 0) is 14.3 Å². The molecule has 0 fully saturated rings. The molecule has 0 heterocycles. The molecular formula is C15H18ClNO5. The zero-order chi connectivity index (χ0) is 16.7. The Balaban J connectivity index is 2.91. The van der Waals surface area contributed by atoms with Crippen LogP contribution in [-0.4, -0.2) is 31.7 Å². The number of halogens is 1. The van der Waals surface area contributed by atoms with Crippen LogP contribution < -0.4 is 15.2 Å². The van der Waals surface area contributed by atoms with E-state index in [-0.39, 0.29) is 0 Å². The summed E-state index contributed by atoms with van der Waals surface area (Å²) >= 11 is 6.10. The standard InChI is InChI=1S/C15H18ClNO5/c1-4-21-12-8-10(7-11(16)14(12)20-3)5-6-13(18)22-9(2)15(17)19/h5-9H,4H2,1-3H3,(H2,17,19)/b6-5+/t9-/m1/s1. The maximum absolute atomic E-state index is 11.5. The molecule has 0 spiro atoms. The van der Waals surface area contributed by atoms with Crippen molar-refractivity contribution in [1.29, 1.82) is 0 Å². The van der Waals surface area contributed by atoms with Gasteiger partial charge in [-0.25, -0.2) is 4.79 Å². The van der Waals surface area contributed by atoms with Crippen molar-refractivity contribution in [3.05, 3.63) is 28.8 Å². The molecule has 2 N–H and O–H groups in total. The Morgan fingerprint density at radius 2 is 2.09 bits per heavy atom. The van der Waals surface area contributed by atoms with Crippen LogP contribution in [0.3, 0.4) is 0 Å². The van der Waals surface area contributed by atoms with Gasteiger partial charge in [0, 0.05) is 6.08 Å². The van der Waals surface area contributed by atoms with Gasteiger partial charge in [-0.3, -0.25) is 4.79 Å². The third kappa shape index (κ3) is 4.96. The molecule has 1 aromatic rings. The molecule has 0 radical (unpaired) electrons. The molecule has 1 aromatic carbocycles. The molecule has 1 rings (SSSR count). The van der Waals surface area contributed by atoms with E-state index in [1.807, 2.05) is 6.92 Å². The maximum Gasteiger partial charge on any atom is 0.331 e. The second-order valence-corrected chi connectivity index (χ2v) is 4.69. The van der Waals surface area contributed by atoms with Gasteiger partial charge in [0.1, 0.15) is 0 Å². The largest absolute Gasteiger partial charge is 0.491 e. The number of hydrogen-bond acceptors (Lipinski definition) is 5. The summed E-state index contributed by atoms with van der Waals surface area (Å²) in [5.41, 5.74) is 5.63. The maximum atomic E-state index is 11.5. The number of rotatable bonds is 7. The molecule has 0 aliphatic heterocycles. The van der Waals surface area contributed by atoms with Crippen molar-refractivity contribution in [3.8, 4) is 11.5 Å². The third-order valence-electron chi connectivity index (χ3n) is 2.64. The van der Waals surface area contributed by atoms with Crippen molar-refractivity contribution in [2.75, 3.05) is 13.7 Å². The van der Waals surface area contributed by atoms with Gasteiger partial charge in [0.25, 0.3) is 5.91 Å². The summed E-state index contributed by atoms with van der Waals surface area (Å²) in [5, 5.41) is 0.354. The van der Waals surface area contributed by atoms with Gasteiger partial charge in [-0.1, -0.05) is 11.6 Å². The van der Waals surface area contributed by atoms with Gasteiger partial charge >= 0.3 is 5.97 Å². The smallest absolute Gasteiger partial charge is 0.331 e. The molecule has 0 saturated heterocycles. The van der Waals surface area contributed by atoms with Crippen molar-refractivity contribution in [2.45, 2.75) is 20.0 Å². The van der Waals surface area contributed by atoms with Crippen LogP contribution in [0.5, 0.6) is 11.5 Å². The third-order valence-corrected chi connectivity index (χ3v) is 2.92. The van der Waals surface area contributed by atoms with Crippen LogP contribution in [0.25, 0.3) is 6.08 Å². The van der Waals surface area contributed by atoms with E-state index in [0.29, 0.717) is 28.7 Å². The van der Waals surface area contributed by atoms with E-state index in [0.717, 1.165) is 0 Å². The number of carbonyl (C=O) groups is 2. The van der Waals surface area contributed by atoms with Crippen molar-refractivity contribution < 1.29 is 23.8 Å². The predicted octanol–water partition coefficient (Wildman–Crippen LogP) is 2.18. The quantitative estimate of drug-likeness (QED) is 0.612. The van der Waals surface area contributed by atoms with E-state index in [1.54, 1.807) is 12.1 Å². The van der Waals surface area contributed by atoms with Crippen molar-refractivity contribution >= 4 is 29.6 Å². The first-order valence-electron chi connectivity index (χ1n) is 6.57. The normalized spacial score (nSPS) is 12.0. The first-order valence-corrected chi connectivity index (χ1v) is 6.95. The highest BCUT2D eigenvalue weighted by molar-refractivity contribution is 6.32. The number of primary amides is 1. The van der Waals surface area contributed by atoms with E-state index in [9.17, 15) is 9.59 Å². The minimum absolute atomic E-state index is 0.354. The van der Waals surface area contributed by atoms with Crippen molar-refractivity contribution in [2.24, 2.45) is 5.73 Å². The first-order chi connectivity index (χ1) is 10.4. The molecule has 1 atom stereocenters. The first kappa shape index (κ1) is 17.8. The molecule has 6 nitrogen and oxygen atoms in total. The van der Waals surface area contributed by atoms with Crippen LogP contribution >= 0.6 is 11.6 Å². The summed E-state index contributed by atoms with van der Waals surface area (Å²) in [7, 11) is 1.49. The van der Waals surface area contributed by atoms with Gasteiger partial charge in [0.2, 0.25) is 0 Å². The predicted molar refractivity (Wildman–Crippen MR) is 83.0 cm³/mol. The molecule has 0 aromatic heterocycles. The zero-order valence-electron chi connectivity index (χ0n) is 12.6. The number of benzene rings is 1. The van der Waals surface area contributed by atoms with Crippen LogP contribution in [0.4, 0.5) is 0 Å². The highest BCUT2D eigenvalue weighted by Crippen LogP contribution is 2.36. The molecule has 0 unspecified atom stereocenters. The molecule has 22 heavy (non-hydrogen) atoms. The highest BCUT2D eigenvalue weighted by Gasteiger charge is 2.13. The Bertz CT molecular complexity index is 586. The fourth-order valence-electron chi connectivity index (χ4n) is 1.58. The topological polar surface area (TPSA) is 87.9 Å². The molecule has 0 bridgehead atoms. The van der Waals surface area contributed by atoms with Gasteiger partial charge < -0.3 is 19.9 Å². The lowest BCUT2D eigenvalue weighted by atomic mass is 10.2. The highest BCUT2D eigenvalue weighted by atomic mass is 35.5. The summed E-state index contributed by atoms with van der Waals surface area (Å²) < 4.78 is 15.4. The lowest BCUT2D eigenvalue weighted by molar-refractivity contribution is -0.148. The van der Waals surface area contributed by atoms with E-state index >= 15 is 0 Å². The minimum Gasteiger partial charge on any atom is -0.491 e. The number of amides is 1. The van der Waals surface area contributed by atoms with Gasteiger partial charge in [-0.15, -0.1) is 0 Å². The fourth-order valence-corrected chi connectivity index (χ4v) is 1.88. The van der Waals surface area contributed by atoms with Crippen LogP contribution in [0.1, 0.15) is 19.4 Å². The molecule has 7 heteroatoms. The Kier molecular flexibility index (Phi) is 6.72. The number of hydrogen-bond donors (Lipinski definition) is 1.